The molecule has 0 aromatic rings. The van der Waals surface area contributed by atoms with Crippen molar-refractivity contribution in [1.29, 1.82) is 0 Å². The molecule has 8 nitrogen and oxygen atoms in total. The summed E-state index contributed by atoms with van der Waals surface area (Å²) in [5, 5.41) is 0. The Balaban J connectivity index is 1.51. The van der Waals surface area contributed by atoms with E-state index in [-0.39, 0.29) is 28.9 Å². The van der Waals surface area contributed by atoms with E-state index in [1.54, 1.807) is 0 Å². The van der Waals surface area contributed by atoms with E-state index in [0.717, 1.165) is 97.1 Å². The van der Waals surface area contributed by atoms with Gasteiger partial charge in [0.15, 0.2) is 0 Å². The van der Waals surface area contributed by atoms with Gasteiger partial charge >= 0.3 is 0 Å². The molecule has 0 heterocycles. The molecule has 6 N–H and O–H groups in total. The lowest BCUT2D eigenvalue weighted by molar-refractivity contribution is -0.227. The standard InChI is InChI=1S/C44H82N4O4/c1-6-8-9-10-11-12-25-48(41(49)7-2)26-13-17-33(3)36-18-19-37-42-38(32-40(44(36,37)5)52-29-16-24-47)43(4)21-20-35(50-27-14-22-45)30-34(43)31-39(42)51-28-15-23-46/h7,33-40,42H,2,6,8-32,45-47H2,1,3-5H3/t33-,34?,35-,36-,37?,38+,39-,40+,42?,43?,44?/m1/s1. The van der Waals surface area contributed by atoms with Crippen molar-refractivity contribution in [3.8, 4) is 0 Å². The Morgan fingerprint density at radius 2 is 1.46 bits per heavy atom. The first-order valence-corrected chi connectivity index (χ1v) is 22.1. The maximum absolute atomic E-state index is 12.8. The Labute approximate surface area is 319 Å². The van der Waals surface area contributed by atoms with Gasteiger partial charge in [0.05, 0.1) is 18.3 Å². The molecule has 0 aliphatic heterocycles. The van der Waals surface area contributed by atoms with Crippen LogP contribution >= 0.6 is 0 Å². The molecule has 4 rings (SSSR count). The highest BCUT2D eigenvalue weighted by Gasteiger charge is 2.66. The van der Waals surface area contributed by atoms with Gasteiger partial charge in [-0.3, -0.25) is 4.79 Å². The van der Waals surface area contributed by atoms with Crippen molar-refractivity contribution >= 4 is 5.91 Å². The maximum Gasteiger partial charge on any atom is 0.245 e. The quantitative estimate of drug-likeness (QED) is 0.0645. The number of unbranched alkanes of at least 4 members (excludes halogenated alkanes) is 5. The van der Waals surface area contributed by atoms with Crippen LogP contribution in [0.25, 0.3) is 0 Å². The number of hydrogen-bond acceptors (Lipinski definition) is 7. The van der Waals surface area contributed by atoms with Gasteiger partial charge < -0.3 is 36.3 Å². The lowest BCUT2D eigenvalue weighted by Crippen LogP contribution is -2.63. The molecule has 52 heavy (non-hydrogen) atoms. The van der Waals surface area contributed by atoms with Crippen LogP contribution in [0.1, 0.15) is 143 Å². The molecular formula is C44H82N4O4. The summed E-state index contributed by atoms with van der Waals surface area (Å²) < 4.78 is 20.4. The summed E-state index contributed by atoms with van der Waals surface area (Å²) in [5.74, 6) is 3.53. The highest BCUT2D eigenvalue weighted by atomic mass is 16.5. The lowest BCUT2D eigenvalue weighted by atomic mass is 9.43. The molecule has 8 heteroatoms. The molecule has 1 amide bonds. The minimum absolute atomic E-state index is 0.0849. The number of fused-ring (bicyclic) bond motifs is 5. The van der Waals surface area contributed by atoms with E-state index in [1.165, 1.54) is 57.4 Å². The number of nitrogens with zero attached hydrogens (tertiary/aromatic N) is 1. The van der Waals surface area contributed by atoms with Crippen molar-refractivity contribution in [2.24, 2.45) is 63.5 Å². The second kappa shape index (κ2) is 21.9. The average molecular weight is 731 g/mol. The van der Waals surface area contributed by atoms with Crippen molar-refractivity contribution in [1.82, 2.24) is 4.90 Å². The van der Waals surface area contributed by atoms with E-state index in [9.17, 15) is 4.79 Å². The maximum atomic E-state index is 12.8. The van der Waals surface area contributed by atoms with Gasteiger partial charge in [0, 0.05) is 38.3 Å². The number of ether oxygens (including phenoxy) is 3. The van der Waals surface area contributed by atoms with Gasteiger partial charge in [-0.15, -0.1) is 0 Å². The van der Waals surface area contributed by atoms with Gasteiger partial charge in [-0.2, -0.15) is 0 Å². The zero-order valence-electron chi connectivity index (χ0n) is 34.2. The Bertz CT molecular complexity index is 1050. The van der Waals surface area contributed by atoms with Crippen molar-refractivity contribution in [2.45, 2.75) is 162 Å². The number of amides is 1. The SMILES string of the molecule is C=CC(=O)N(CCCCCCCC)CCC[C@@H](C)[C@H]1CCC2C3[C@H](OCCCN)CC4C[C@H](OCCCN)CCC4(C)[C@H]3C[C@H](OCCCN)C21C. The molecule has 302 valence electrons. The van der Waals surface area contributed by atoms with E-state index in [2.05, 4.69) is 39.2 Å². The molecule has 4 saturated carbocycles. The molecule has 0 aromatic heterocycles. The van der Waals surface area contributed by atoms with Gasteiger partial charge in [0.2, 0.25) is 5.91 Å². The number of rotatable bonds is 25. The van der Waals surface area contributed by atoms with Gasteiger partial charge in [0.25, 0.3) is 0 Å². The first-order valence-electron chi connectivity index (χ1n) is 22.1. The van der Waals surface area contributed by atoms with Crippen LogP contribution in [0.2, 0.25) is 0 Å². The third kappa shape index (κ3) is 10.6. The monoisotopic (exact) mass is 731 g/mol. The minimum Gasteiger partial charge on any atom is -0.378 e. The largest absolute Gasteiger partial charge is 0.378 e. The van der Waals surface area contributed by atoms with Crippen molar-refractivity contribution < 1.29 is 19.0 Å². The van der Waals surface area contributed by atoms with E-state index in [4.69, 9.17) is 31.4 Å². The topological polar surface area (TPSA) is 126 Å². The normalized spacial score (nSPS) is 34.7. The summed E-state index contributed by atoms with van der Waals surface area (Å²) in [6.45, 7) is 19.8. The lowest BCUT2D eigenvalue weighted by Gasteiger charge is -2.65. The highest BCUT2D eigenvalue weighted by molar-refractivity contribution is 5.86. The Hall–Kier alpha value is -1.03. The predicted octanol–water partition coefficient (Wildman–Crippen LogP) is 7.86. The van der Waals surface area contributed by atoms with E-state index in [0.29, 0.717) is 61.2 Å². The van der Waals surface area contributed by atoms with Crippen molar-refractivity contribution in [3.63, 3.8) is 0 Å². The van der Waals surface area contributed by atoms with Gasteiger partial charge in [-0.25, -0.2) is 0 Å². The smallest absolute Gasteiger partial charge is 0.245 e. The summed E-state index contributed by atoms with van der Waals surface area (Å²) >= 11 is 0. The summed E-state index contributed by atoms with van der Waals surface area (Å²) in [6.07, 6.45) is 22.9. The summed E-state index contributed by atoms with van der Waals surface area (Å²) in [7, 11) is 0. The molecule has 0 aromatic carbocycles. The van der Waals surface area contributed by atoms with Crippen molar-refractivity contribution in [2.75, 3.05) is 52.5 Å². The number of hydrogen-bond donors (Lipinski definition) is 3. The zero-order chi connectivity index (χ0) is 37.6. The third-order valence-corrected chi connectivity index (χ3v) is 14.8. The van der Waals surface area contributed by atoms with Gasteiger partial charge in [-0.05, 0) is 150 Å². The van der Waals surface area contributed by atoms with Crippen molar-refractivity contribution in [3.05, 3.63) is 12.7 Å². The molecule has 4 fully saturated rings. The third-order valence-electron chi connectivity index (χ3n) is 14.8. The Kier molecular flexibility index (Phi) is 18.4. The van der Waals surface area contributed by atoms with Gasteiger partial charge in [0.1, 0.15) is 0 Å². The minimum atomic E-state index is 0.0849. The predicted molar refractivity (Wildman–Crippen MR) is 215 cm³/mol. The van der Waals surface area contributed by atoms with Crippen LogP contribution in [0.5, 0.6) is 0 Å². The number of carbonyl (C=O) groups is 1. The second-order valence-corrected chi connectivity index (χ2v) is 17.9. The first-order chi connectivity index (χ1) is 25.2. The van der Waals surface area contributed by atoms with E-state index < -0.39 is 0 Å². The van der Waals surface area contributed by atoms with Crippen LogP contribution in [0, 0.1) is 46.3 Å². The molecule has 0 spiro atoms. The molecule has 5 unspecified atom stereocenters. The molecule has 11 atom stereocenters. The summed E-state index contributed by atoms with van der Waals surface area (Å²) in [5.41, 5.74) is 18.2. The van der Waals surface area contributed by atoms with Crippen LogP contribution < -0.4 is 17.2 Å². The highest BCUT2D eigenvalue weighted by Crippen LogP contribution is 2.69. The molecule has 4 aliphatic carbocycles. The van der Waals surface area contributed by atoms with Gasteiger partial charge in [-0.1, -0.05) is 66.4 Å². The van der Waals surface area contributed by atoms with E-state index in [1.807, 2.05) is 0 Å². The molecule has 0 saturated heterocycles. The molecule has 4 aliphatic rings. The van der Waals surface area contributed by atoms with Crippen LogP contribution in [-0.2, 0) is 19.0 Å². The first kappa shape index (κ1) is 43.7. The van der Waals surface area contributed by atoms with Crippen LogP contribution in [0.3, 0.4) is 0 Å². The number of carbonyl (C=O) groups excluding carboxylic acids is 1. The second-order valence-electron chi connectivity index (χ2n) is 17.9. The zero-order valence-corrected chi connectivity index (χ0v) is 34.2. The molecule has 0 bridgehead atoms. The van der Waals surface area contributed by atoms with Crippen LogP contribution in [0.4, 0.5) is 0 Å². The fraction of sp³-hybridized carbons (Fsp3) is 0.932. The fourth-order valence-electron chi connectivity index (χ4n) is 11.9. The fourth-order valence-corrected chi connectivity index (χ4v) is 11.9. The summed E-state index contributed by atoms with van der Waals surface area (Å²) in [4.78, 5) is 14.9. The van der Waals surface area contributed by atoms with Crippen LogP contribution in [-0.4, -0.2) is 81.7 Å². The molecular weight excluding hydrogens is 649 g/mol. The molecule has 0 radical (unpaired) electrons. The van der Waals surface area contributed by atoms with Crippen LogP contribution in [0.15, 0.2) is 12.7 Å². The Morgan fingerprint density at radius 3 is 2.15 bits per heavy atom. The summed E-state index contributed by atoms with van der Waals surface area (Å²) in [6, 6.07) is 0. The van der Waals surface area contributed by atoms with E-state index >= 15 is 0 Å². The Morgan fingerprint density at radius 1 is 0.808 bits per heavy atom. The average Bonchev–Trinajstić information content (AvgIpc) is 3.50. The number of nitrogens with two attached hydrogens (primary N) is 3.